The first kappa shape index (κ1) is 14.9. The summed E-state index contributed by atoms with van der Waals surface area (Å²) in [7, 11) is 0. The number of nitrogens with one attached hydrogen (secondary N) is 1. The van der Waals surface area contributed by atoms with E-state index in [1.165, 1.54) is 5.56 Å². The second-order valence-corrected chi connectivity index (χ2v) is 5.67. The fraction of sp³-hybridized carbons (Fsp3) is 0.600. The average Bonchev–Trinajstić information content (AvgIpc) is 2.36. The maximum atomic E-state index is 11.3. The Bertz CT molecular complexity index is 462. The van der Waals surface area contributed by atoms with Crippen molar-refractivity contribution in [3.8, 4) is 0 Å². The number of primary amides is 1. The number of nitrogens with two attached hydrogens (primary N) is 1. The Hall–Kier alpha value is -1.46. The molecule has 0 saturated carbocycles. The summed E-state index contributed by atoms with van der Waals surface area (Å²) in [6, 6.07) is 4.12. The third-order valence-electron chi connectivity index (χ3n) is 3.76. The van der Waals surface area contributed by atoms with Crippen molar-refractivity contribution >= 4 is 5.91 Å². The number of pyridine rings is 1. The normalized spacial score (nSPS) is 17.9. The van der Waals surface area contributed by atoms with Crippen LogP contribution in [0.25, 0.3) is 0 Å². The zero-order chi connectivity index (χ0) is 14.6. The molecule has 1 aliphatic heterocycles. The summed E-state index contributed by atoms with van der Waals surface area (Å²) >= 11 is 0. The van der Waals surface area contributed by atoms with Crippen LogP contribution < -0.4 is 11.1 Å². The lowest BCUT2D eigenvalue weighted by molar-refractivity contribution is -0.120. The highest BCUT2D eigenvalue weighted by Crippen LogP contribution is 2.24. The molecule has 0 spiro atoms. The van der Waals surface area contributed by atoms with Gasteiger partial charge in [0, 0.05) is 37.4 Å². The van der Waals surface area contributed by atoms with Crippen LogP contribution in [0.15, 0.2) is 12.1 Å². The number of hydrogen-bond donors (Lipinski definition) is 2. The summed E-state index contributed by atoms with van der Waals surface area (Å²) in [6.07, 6.45) is 1.96. The summed E-state index contributed by atoms with van der Waals surface area (Å²) in [5.41, 5.74) is 8.35. The van der Waals surface area contributed by atoms with Crippen LogP contribution >= 0.6 is 0 Å². The first-order chi connectivity index (χ1) is 9.49. The van der Waals surface area contributed by atoms with Crippen LogP contribution in [0.2, 0.25) is 0 Å². The van der Waals surface area contributed by atoms with Gasteiger partial charge in [0.25, 0.3) is 0 Å². The van der Waals surface area contributed by atoms with Crippen LogP contribution in [0, 0.1) is 13.8 Å². The smallest absolute Gasteiger partial charge is 0.219 e. The zero-order valence-electron chi connectivity index (χ0n) is 12.2. The monoisotopic (exact) mass is 277 g/mol. The van der Waals surface area contributed by atoms with Crippen molar-refractivity contribution in [1.82, 2.24) is 10.3 Å². The molecule has 1 amide bonds. The van der Waals surface area contributed by atoms with Crippen LogP contribution in [0.1, 0.15) is 36.2 Å². The number of carbonyl (C=O) groups is 1. The molecule has 2 rings (SSSR count). The number of nitrogens with zero attached hydrogens (tertiary/aromatic N) is 1. The van der Waals surface area contributed by atoms with E-state index in [9.17, 15) is 4.79 Å². The van der Waals surface area contributed by atoms with Gasteiger partial charge < -0.3 is 15.8 Å². The largest absolute Gasteiger partial charge is 0.381 e. The molecule has 0 radical (unpaired) electrons. The van der Waals surface area contributed by atoms with Crippen molar-refractivity contribution in [1.29, 1.82) is 0 Å². The molecule has 2 heterocycles. The van der Waals surface area contributed by atoms with Crippen molar-refractivity contribution in [2.45, 2.75) is 45.2 Å². The maximum absolute atomic E-state index is 11.3. The number of ether oxygens (including phenoxy) is 1. The van der Waals surface area contributed by atoms with E-state index in [2.05, 4.69) is 29.4 Å². The first-order valence-electron chi connectivity index (χ1n) is 7.04. The van der Waals surface area contributed by atoms with E-state index in [1.807, 2.05) is 6.92 Å². The number of rotatable bonds is 5. The highest BCUT2D eigenvalue weighted by molar-refractivity contribution is 5.75. The summed E-state index contributed by atoms with van der Waals surface area (Å²) in [6.45, 7) is 6.03. The van der Waals surface area contributed by atoms with E-state index < -0.39 is 0 Å². The summed E-state index contributed by atoms with van der Waals surface area (Å²) < 4.78 is 5.39. The second kappa shape index (κ2) is 6.33. The third-order valence-corrected chi connectivity index (χ3v) is 3.76. The fourth-order valence-corrected chi connectivity index (χ4v) is 2.81. The maximum Gasteiger partial charge on any atom is 0.219 e. The fourth-order valence-electron chi connectivity index (χ4n) is 2.81. The van der Waals surface area contributed by atoms with Gasteiger partial charge in [0.15, 0.2) is 0 Å². The lowest BCUT2D eigenvalue weighted by atomic mass is 9.86. The van der Waals surface area contributed by atoms with Crippen molar-refractivity contribution in [3.63, 3.8) is 0 Å². The molecule has 3 N–H and O–H groups in total. The lowest BCUT2D eigenvalue weighted by Crippen LogP contribution is -2.51. The molecular formula is C15H23N3O2. The highest BCUT2D eigenvalue weighted by Gasteiger charge is 2.33. The predicted octanol–water partition coefficient (Wildman–Crippen LogP) is 1.21. The van der Waals surface area contributed by atoms with E-state index in [1.54, 1.807) is 0 Å². The minimum Gasteiger partial charge on any atom is -0.381 e. The quantitative estimate of drug-likeness (QED) is 0.848. The molecule has 1 aliphatic rings. The molecule has 0 aromatic carbocycles. The van der Waals surface area contributed by atoms with Gasteiger partial charge in [-0.1, -0.05) is 0 Å². The van der Waals surface area contributed by atoms with Crippen molar-refractivity contribution in [2.24, 2.45) is 5.73 Å². The number of hydrogen-bond acceptors (Lipinski definition) is 4. The lowest BCUT2D eigenvalue weighted by Gasteiger charge is -2.37. The zero-order valence-corrected chi connectivity index (χ0v) is 12.2. The number of aromatic nitrogens is 1. The van der Waals surface area contributed by atoms with Gasteiger partial charge in [0.2, 0.25) is 5.91 Å². The summed E-state index contributed by atoms with van der Waals surface area (Å²) in [4.78, 5) is 15.8. The molecule has 1 fully saturated rings. The van der Waals surface area contributed by atoms with Crippen molar-refractivity contribution in [3.05, 3.63) is 29.1 Å². The van der Waals surface area contributed by atoms with E-state index in [0.717, 1.165) is 24.2 Å². The molecule has 1 aromatic rings. The number of amides is 1. The van der Waals surface area contributed by atoms with Gasteiger partial charge in [-0.25, -0.2) is 0 Å². The van der Waals surface area contributed by atoms with Gasteiger partial charge in [0.05, 0.1) is 5.69 Å². The Balaban J connectivity index is 2.06. The Morgan fingerprint density at radius 2 is 2.10 bits per heavy atom. The van der Waals surface area contributed by atoms with E-state index in [-0.39, 0.29) is 11.4 Å². The van der Waals surface area contributed by atoms with Gasteiger partial charge in [-0.3, -0.25) is 9.78 Å². The Morgan fingerprint density at radius 1 is 1.40 bits per heavy atom. The van der Waals surface area contributed by atoms with Crippen LogP contribution in [0.5, 0.6) is 0 Å². The van der Waals surface area contributed by atoms with Crippen molar-refractivity contribution in [2.75, 3.05) is 13.2 Å². The molecule has 0 atom stereocenters. The van der Waals surface area contributed by atoms with Crippen LogP contribution in [-0.4, -0.2) is 29.6 Å². The van der Waals surface area contributed by atoms with E-state index in [4.69, 9.17) is 10.5 Å². The molecular weight excluding hydrogens is 254 g/mol. The molecule has 0 unspecified atom stereocenters. The van der Waals surface area contributed by atoms with Crippen molar-refractivity contribution < 1.29 is 9.53 Å². The summed E-state index contributed by atoms with van der Waals surface area (Å²) in [5.74, 6) is -0.271. The van der Waals surface area contributed by atoms with Gasteiger partial charge >= 0.3 is 0 Å². The molecule has 1 aromatic heterocycles. The van der Waals surface area contributed by atoms with Gasteiger partial charge in [-0.05, 0) is 44.4 Å². The number of aryl methyl sites for hydroxylation is 2. The SMILES string of the molecule is Cc1cc(C)nc(CNC2(CC(N)=O)CCOCC2)c1. The predicted molar refractivity (Wildman–Crippen MR) is 77.1 cm³/mol. The first-order valence-corrected chi connectivity index (χ1v) is 7.04. The minimum atomic E-state index is -0.271. The minimum absolute atomic E-state index is 0.247. The topological polar surface area (TPSA) is 77.2 Å². The molecule has 0 bridgehead atoms. The number of carbonyl (C=O) groups excluding carboxylic acids is 1. The summed E-state index contributed by atoms with van der Waals surface area (Å²) in [5, 5.41) is 3.49. The standard InChI is InChI=1S/C15H23N3O2/c1-11-7-12(2)18-13(8-11)10-17-15(9-14(16)19)3-5-20-6-4-15/h7-8,17H,3-6,9-10H2,1-2H3,(H2,16,19). The second-order valence-electron chi connectivity index (χ2n) is 5.67. The van der Waals surface area contributed by atoms with Gasteiger partial charge in [-0.2, -0.15) is 0 Å². The van der Waals surface area contributed by atoms with Crippen LogP contribution in [0.4, 0.5) is 0 Å². The highest BCUT2D eigenvalue weighted by atomic mass is 16.5. The van der Waals surface area contributed by atoms with Gasteiger partial charge in [-0.15, -0.1) is 0 Å². The van der Waals surface area contributed by atoms with E-state index >= 15 is 0 Å². The third kappa shape index (κ3) is 4.02. The average molecular weight is 277 g/mol. The molecule has 5 heteroatoms. The Morgan fingerprint density at radius 3 is 2.70 bits per heavy atom. The van der Waals surface area contributed by atoms with Crippen LogP contribution in [0.3, 0.4) is 0 Å². The Labute approximate surface area is 119 Å². The van der Waals surface area contributed by atoms with Crippen LogP contribution in [-0.2, 0) is 16.1 Å². The molecule has 5 nitrogen and oxygen atoms in total. The van der Waals surface area contributed by atoms with E-state index in [0.29, 0.717) is 26.2 Å². The van der Waals surface area contributed by atoms with Gasteiger partial charge in [0.1, 0.15) is 0 Å². The molecule has 1 saturated heterocycles. The molecule has 0 aliphatic carbocycles. The Kier molecular flexibility index (Phi) is 4.73. The molecule has 110 valence electrons. The molecule has 20 heavy (non-hydrogen) atoms.